The summed E-state index contributed by atoms with van der Waals surface area (Å²) in [6.07, 6.45) is 0. The Morgan fingerprint density at radius 1 is 0.972 bits per heavy atom. The second-order valence-electron chi connectivity index (χ2n) is 9.71. The smallest absolute Gasteiger partial charge is 0.348 e. The van der Waals surface area contributed by atoms with Gasteiger partial charge in [0.25, 0.3) is 0 Å². The van der Waals surface area contributed by atoms with E-state index in [1.807, 2.05) is 36.4 Å². The molecule has 0 aliphatic carbocycles. The summed E-state index contributed by atoms with van der Waals surface area (Å²) >= 11 is 0. The lowest BCUT2D eigenvalue weighted by molar-refractivity contribution is 0.151. The van der Waals surface area contributed by atoms with Gasteiger partial charge in [0, 0.05) is 31.1 Å². The third-order valence-corrected chi connectivity index (χ3v) is 6.36. The lowest BCUT2D eigenvalue weighted by Gasteiger charge is -2.14. The Hall–Kier alpha value is -3.74. The Morgan fingerprint density at radius 2 is 1.69 bits per heavy atom. The maximum Gasteiger partial charge on any atom is 0.348 e. The van der Waals surface area contributed by atoms with Gasteiger partial charge < -0.3 is 14.1 Å². The van der Waals surface area contributed by atoms with Crippen molar-refractivity contribution in [3.8, 4) is 22.4 Å². The molecule has 184 valence electrons. The van der Waals surface area contributed by atoms with E-state index < -0.39 is 0 Å². The second-order valence-corrected chi connectivity index (χ2v) is 9.71. The van der Waals surface area contributed by atoms with Gasteiger partial charge in [0.1, 0.15) is 16.8 Å². The molecule has 0 amide bonds. The first kappa shape index (κ1) is 24.0. The second kappa shape index (κ2) is 10.1. The normalized spacial score (nSPS) is 12.6. The topological polar surface area (TPSA) is 60.5 Å². The van der Waals surface area contributed by atoms with Crippen LogP contribution in [0.4, 0.5) is 0 Å². The summed E-state index contributed by atoms with van der Waals surface area (Å²) < 4.78 is 13.4. The van der Waals surface area contributed by atoms with Crippen LogP contribution in [0.5, 0.6) is 0 Å². The minimum atomic E-state index is -0.287. The third kappa shape index (κ3) is 4.70. The van der Waals surface area contributed by atoms with Crippen LogP contribution < -0.4 is 5.69 Å². The average molecular weight is 482 g/mol. The molecule has 0 N–H and O–H groups in total. The van der Waals surface area contributed by atoms with Gasteiger partial charge in [-0.05, 0) is 48.8 Å². The van der Waals surface area contributed by atoms with E-state index in [1.165, 1.54) is 5.56 Å². The minimum absolute atomic E-state index is 0.137. The summed E-state index contributed by atoms with van der Waals surface area (Å²) in [6, 6.07) is 24.5. The molecular formula is C30H31N3O3. The van der Waals surface area contributed by atoms with Crippen LogP contribution in [0.15, 0.2) is 82.0 Å². The van der Waals surface area contributed by atoms with Crippen molar-refractivity contribution in [3.05, 3.63) is 88.8 Å². The highest BCUT2D eigenvalue weighted by molar-refractivity contribution is 6.07. The van der Waals surface area contributed by atoms with Crippen LogP contribution in [0.25, 0.3) is 44.5 Å². The molecule has 1 unspecified atom stereocenters. The Kier molecular flexibility index (Phi) is 6.72. The van der Waals surface area contributed by atoms with Crippen LogP contribution in [-0.4, -0.2) is 42.3 Å². The van der Waals surface area contributed by atoms with Crippen molar-refractivity contribution >= 4 is 22.1 Å². The van der Waals surface area contributed by atoms with Crippen LogP contribution in [0.1, 0.15) is 12.5 Å². The molecule has 0 aliphatic heterocycles. The van der Waals surface area contributed by atoms with E-state index in [4.69, 9.17) is 9.15 Å². The van der Waals surface area contributed by atoms with E-state index >= 15 is 0 Å². The number of methoxy groups -OCH3 is 1. The predicted octanol–water partition coefficient (Wildman–Crippen LogP) is 5.82. The van der Waals surface area contributed by atoms with Crippen molar-refractivity contribution in [1.29, 1.82) is 0 Å². The van der Waals surface area contributed by atoms with Crippen molar-refractivity contribution < 1.29 is 9.15 Å². The summed E-state index contributed by atoms with van der Waals surface area (Å²) in [5.74, 6) is 0.137. The molecule has 36 heavy (non-hydrogen) atoms. The van der Waals surface area contributed by atoms with Gasteiger partial charge in [0.15, 0.2) is 5.58 Å². The standard InChI is InChI=1S/C30H31N3O3/c1-20(19-35-4)17-33-28-25-16-24(22-12-10-21(11-13-22)18-32(2)3)14-15-26(25)36-29(28)27(31-30(33)34)23-8-6-5-7-9-23/h5-16,20H,17-19H2,1-4H3. The largest absolute Gasteiger partial charge is 0.452 e. The van der Waals surface area contributed by atoms with Crippen LogP contribution in [0.3, 0.4) is 0 Å². The van der Waals surface area contributed by atoms with Gasteiger partial charge in [0.2, 0.25) is 0 Å². The Balaban J connectivity index is 1.71. The van der Waals surface area contributed by atoms with E-state index in [0.717, 1.165) is 39.7 Å². The van der Waals surface area contributed by atoms with Gasteiger partial charge in [-0.25, -0.2) is 4.79 Å². The number of nitrogens with zero attached hydrogens (tertiary/aromatic N) is 3. The highest BCUT2D eigenvalue weighted by Crippen LogP contribution is 2.36. The lowest BCUT2D eigenvalue weighted by atomic mass is 10.0. The molecule has 0 fully saturated rings. The molecule has 0 saturated carbocycles. The quantitative estimate of drug-likeness (QED) is 0.279. The fourth-order valence-electron chi connectivity index (χ4n) is 4.77. The monoisotopic (exact) mass is 481 g/mol. The van der Waals surface area contributed by atoms with E-state index in [2.05, 4.69) is 67.3 Å². The maximum absolute atomic E-state index is 13.4. The highest BCUT2D eigenvalue weighted by Gasteiger charge is 2.21. The van der Waals surface area contributed by atoms with Gasteiger partial charge in [-0.1, -0.05) is 67.6 Å². The van der Waals surface area contributed by atoms with Crippen LogP contribution in [-0.2, 0) is 17.8 Å². The number of rotatable bonds is 8. The zero-order chi connectivity index (χ0) is 25.2. The number of hydrogen-bond donors (Lipinski definition) is 0. The fourth-order valence-corrected chi connectivity index (χ4v) is 4.77. The zero-order valence-electron chi connectivity index (χ0n) is 21.2. The molecule has 0 spiro atoms. The first-order valence-electron chi connectivity index (χ1n) is 12.2. The summed E-state index contributed by atoms with van der Waals surface area (Å²) in [5.41, 5.74) is 6.72. The third-order valence-electron chi connectivity index (χ3n) is 6.36. The number of hydrogen-bond acceptors (Lipinski definition) is 5. The van der Waals surface area contributed by atoms with Gasteiger partial charge in [0.05, 0.1) is 6.61 Å². The van der Waals surface area contributed by atoms with E-state index in [-0.39, 0.29) is 11.6 Å². The van der Waals surface area contributed by atoms with Crippen LogP contribution >= 0.6 is 0 Å². The van der Waals surface area contributed by atoms with E-state index in [1.54, 1.807) is 11.7 Å². The molecule has 5 rings (SSSR count). The fraction of sp³-hybridized carbons (Fsp3) is 0.267. The summed E-state index contributed by atoms with van der Waals surface area (Å²) in [5, 5.41) is 0.904. The number of fused-ring (bicyclic) bond motifs is 3. The number of ether oxygens (including phenoxy) is 1. The van der Waals surface area contributed by atoms with Crippen molar-refractivity contribution in [2.24, 2.45) is 5.92 Å². The molecule has 6 nitrogen and oxygen atoms in total. The Labute approximate surface area is 210 Å². The lowest BCUT2D eigenvalue weighted by Crippen LogP contribution is -2.27. The maximum atomic E-state index is 13.4. The Morgan fingerprint density at radius 3 is 2.39 bits per heavy atom. The molecule has 1 atom stereocenters. The van der Waals surface area contributed by atoms with Crippen molar-refractivity contribution in [2.75, 3.05) is 27.8 Å². The Bertz CT molecular complexity index is 1550. The van der Waals surface area contributed by atoms with Crippen LogP contribution in [0, 0.1) is 5.92 Å². The van der Waals surface area contributed by atoms with Gasteiger partial charge in [-0.15, -0.1) is 0 Å². The number of benzene rings is 3. The average Bonchev–Trinajstić information content (AvgIpc) is 3.25. The molecule has 3 aromatic carbocycles. The predicted molar refractivity (Wildman–Crippen MR) is 145 cm³/mol. The van der Waals surface area contributed by atoms with Gasteiger partial charge in [-0.2, -0.15) is 4.98 Å². The van der Waals surface area contributed by atoms with Crippen molar-refractivity contribution in [1.82, 2.24) is 14.5 Å². The first-order valence-corrected chi connectivity index (χ1v) is 12.2. The minimum Gasteiger partial charge on any atom is -0.452 e. The molecule has 0 saturated heterocycles. The first-order chi connectivity index (χ1) is 17.4. The molecule has 0 aliphatic rings. The molecule has 2 aromatic heterocycles. The van der Waals surface area contributed by atoms with E-state index in [9.17, 15) is 4.79 Å². The van der Waals surface area contributed by atoms with E-state index in [0.29, 0.717) is 24.4 Å². The summed E-state index contributed by atoms with van der Waals surface area (Å²) in [7, 11) is 5.81. The number of furan rings is 1. The molecule has 0 radical (unpaired) electrons. The number of aromatic nitrogens is 2. The van der Waals surface area contributed by atoms with Crippen LogP contribution in [0.2, 0.25) is 0 Å². The molecular weight excluding hydrogens is 450 g/mol. The SMILES string of the molecule is COCC(C)Cn1c(=O)nc(-c2ccccc2)c2oc3ccc(-c4ccc(CN(C)C)cc4)cc3c21. The highest BCUT2D eigenvalue weighted by atomic mass is 16.5. The molecule has 2 heterocycles. The van der Waals surface area contributed by atoms with Crippen molar-refractivity contribution in [3.63, 3.8) is 0 Å². The van der Waals surface area contributed by atoms with Gasteiger partial charge >= 0.3 is 5.69 Å². The summed E-state index contributed by atoms with van der Waals surface area (Å²) in [6.45, 7) is 4.00. The molecule has 6 heteroatoms. The molecule has 5 aromatic rings. The van der Waals surface area contributed by atoms with Gasteiger partial charge in [-0.3, -0.25) is 4.57 Å². The summed E-state index contributed by atoms with van der Waals surface area (Å²) in [4.78, 5) is 20.0. The molecule has 0 bridgehead atoms. The zero-order valence-corrected chi connectivity index (χ0v) is 21.2. The van der Waals surface area contributed by atoms with Crippen molar-refractivity contribution in [2.45, 2.75) is 20.0 Å².